The summed E-state index contributed by atoms with van der Waals surface area (Å²) in [4.78, 5) is 33.7. The normalized spacial score (nSPS) is 45.0. The lowest BCUT2D eigenvalue weighted by Gasteiger charge is -2.71. The van der Waals surface area contributed by atoms with Gasteiger partial charge in [-0.05, 0) is 155 Å². The van der Waals surface area contributed by atoms with Gasteiger partial charge in [0.1, 0.15) is 0 Å². The van der Waals surface area contributed by atoms with E-state index in [0.717, 1.165) is 70.7 Å². The average molecular weight is 763 g/mol. The maximum atomic E-state index is 14.9. The molecule has 3 N–H and O–H groups in total. The number of urea groups is 1. The minimum absolute atomic E-state index is 0.0588. The summed E-state index contributed by atoms with van der Waals surface area (Å²) in [5, 5.41) is 27.9. The van der Waals surface area contributed by atoms with Crippen molar-refractivity contribution < 1.29 is 19.8 Å². The van der Waals surface area contributed by atoms with Gasteiger partial charge in [-0.2, -0.15) is 0 Å². The predicted octanol–water partition coefficient (Wildman–Crippen LogP) is 9.82. The zero-order chi connectivity index (χ0) is 38.2. The van der Waals surface area contributed by atoms with Gasteiger partial charge >= 0.3 is 6.03 Å². The Hall–Kier alpha value is -2.74. The highest BCUT2D eigenvalue weighted by molar-refractivity contribution is 7.14. The maximum Gasteiger partial charge on any atom is 0.317 e. The van der Waals surface area contributed by atoms with Crippen molar-refractivity contribution in [2.75, 3.05) is 13.1 Å². The minimum Gasteiger partial charge on any atom is -0.393 e. The average Bonchev–Trinajstić information content (AvgIpc) is 3.70. The third-order valence-electron chi connectivity index (χ3n) is 18.0. The van der Waals surface area contributed by atoms with Crippen molar-refractivity contribution in [1.29, 1.82) is 0 Å². The zero-order valence-corrected chi connectivity index (χ0v) is 34.3. The summed E-state index contributed by atoms with van der Waals surface area (Å²) in [6.07, 6.45) is 20.1. The van der Waals surface area contributed by atoms with Gasteiger partial charge in [-0.15, -0.1) is 11.3 Å². The molecule has 12 rings (SSSR count). The molecule has 7 heteroatoms. The number of aryl methyl sites for hydroxylation is 1. The van der Waals surface area contributed by atoms with Crippen molar-refractivity contribution >= 4 is 23.2 Å². The Morgan fingerprint density at radius 1 is 0.855 bits per heavy atom. The Morgan fingerprint density at radius 3 is 2.18 bits per heavy atom. The second-order valence-corrected chi connectivity index (χ2v) is 22.2. The summed E-state index contributed by atoms with van der Waals surface area (Å²) in [6.45, 7) is 9.94. The van der Waals surface area contributed by atoms with E-state index < -0.39 is 16.4 Å². The van der Waals surface area contributed by atoms with Crippen LogP contribution in [-0.4, -0.2) is 51.7 Å². The molecule has 1 aromatic carbocycles. The molecule has 2 spiro atoms. The van der Waals surface area contributed by atoms with Crippen LogP contribution in [0.3, 0.4) is 0 Å². The van der Waals surface area contributed by atoms with E-state index in [1.165, 1.54) is 38.5 Å². The summed E-state index contributed by atoms with van der Waals surface area (Å²) >= 11 is 1.58. The number of ketones is 1. The molecule has 1 heterocycles. The molecule has 9 atom stereocenters. The summed E-state index contributed by atoms with van der Waals surface area (Å²) in [5.41, 5.74) is -0.381. The van der Waals surface area contributed by atoms with Gasteiger partial charge in [-0.1, -0.05) is 62.4 Å². The Kier molecular flexibility index (Phi) is 8.24. The molecule has 2 aromatic rings. The number of benzene rings is 1. The zero-order valence-electron chi connectivity index (χ0n) is 33.5. The molecule has 0 radical (unpaired) electrons. The number of amides is 2. The number of aliphatic hydroxyl groups excluding tert-OH is 1. The maximum absolute atomic E-state index is 14.9. The SMILES string of the molecule is Cc1ccc(C(=O)C2=CC34C=CC25C(CCC2(C)C5CCC2(O)CN(CC25CC6CC(CC(C6)C2)C5)C(=O)NC(C)c2ccccc2)C3(C)CCC(O)C4)s1. The van der Waals surface area contributed by atoms with Crippen molar-refractivity contribution in [2.24, 2.45) is 56.7 Å². The van der Waals surface area contributed by atoms with E-state index in [1.807, 2.05) is 24.3 Å². The number of hydrogen-bond acceptors (Lipinski definition) is 5. The van der Waals surface area contributed by atoms with Crippen molar-refractivity contribution in [3.05, 3.63) is 81.6 Å². The number of fused-ring (bicyclic) bond motifs is 1. The standard InChI is InChI=1S/C48H62N2O4S/c1-30-10-11-38(55-30)41(52)37-27-46-18-19-48(37)39(43(46,3)15-12-36(51)26-46)13-16-44(4)40(48)14-17-47(44,54)29-50(42(53)49-31(2)35-8-6-5-7-9-35)28-45-23-32-20-33(24-45)22-34(21-32)25-45/h5-11,18-19,27,31-34,36,39-40,51,54H,12-17,20-26,28-29H2,1-4H3,(H,49,53). The predicted molar refractivity (Wildman–Crippen MR) is 218 cm³/mol. The van der Waals surface area contributed by atoms with E-state index in [-0.39, 0.29) is 52.0 Å². The van der Waals surface area contributed by atoms with Crippen LogP contribution >= 0.6 is 11.3 Å². The molecule has 9 unspecified atom stereocenters. The Labute approximate surface area is 332 Å². The van der Waals surface area contributed by atoms with Gasteiger partial charge in [0, 0.05) is 33.2 Å². The number of thiophene rings is 1. The van der Waals surface area contributed by atoms with Gasteiger partial charge in [0.05, 0.1) is 29.2 Å². The van der Waals surface area contributed by atoms with Gasteiger partial charge in [0.2, 0.25) is 0 Å². The number of nitrogens with zero attached hydrogens (tertiary/aromatic N) is 1. The fourth-order valence-corrected chi connectivity index (χ4v) is 16.6. The lowest BCUT2D eigenvalue weighted by Crippen LogP contribution is -2.67. The number of hydrogen-bond donors (Lipinski definition) is 3. The van der Waals surface area contributed by atoms with Crippen molar-refractivity contribution in [1.82, 2.24) is 10.2 Å². The van der Waals surface area contributed by atoms with Gasteiger partial charge in [0.25, 0.3) is 0 Å². The molecule has 7 fully saturated rings. The van der Waals surface area contributed by atoms with E-state index in [1.54, 1.807) is 11.3 Å². The summed E-state index contributed by atoms with van der Waals surface area (Å²) in [5.74, 6) is 2.77. The first-order valence-corrected chi connectivity index (χ1v) is 22.6. The highest BCUT2D eigenvalue weighted by Crippen LogP contribution is 2.78. The molecular weight excluding hydrogens is 701 g/mol. The van der Waals surface area contributed by atoms with Gasteiger partial charge in [-0.3, -0.25) is 4.79 Å². The Morgan fingerprint density at radius 2 is 1.51 bits per heavy atom. The first-order chi connectivity index (χ1) is 26.2. The molecule has 10 aliphatic rings. The molecule has 7 saturated carbocycles. The number of nitrogens with one attached hydrogen (secondary N) is 1. The third-order valence-corrected chi connectivity index (χ3v) is 19.0. The molecule has 2 amide bonds. The lowest BCUT2D eigenvalue weighted by atomic mass is 9.32. The number of Topliss-reactive ketones (excluding diaryl/α,β-unsaturated/α-hetero) is 1. The first kappa shape index (κ1) is 36.6. The fourth-order valence-electron chi connectivity index (χ4n) is 15.8. The molecule has 55 heavy (non-hydrogen) atoms. The number of carbonyl (C=O) groups is 2. The number of rotatable bonds is 8. The highest BCUT2D eigenvalue weighted by Gasteiger charge is 2.74. The van der Waals surface area contributed by atoms with Crippen molar-refractivity contribution in [3.63, 3.8) is 0 Å². The topological polar surface area (TPSA) is 89.9 Å². The van der Waals surface area contributed by atoms with Crippen LogP contribution in [0.25, 0.3) is 0 Å². The molecular formula is C48H62N2O4S. The molecule has 1 aromatic heterocycles. The van der Waals surface area contributed by atoms with E-state index >= 15 is 0 Å². The van der Waals surface area contributed by atoms with Crippen LogP contribution in [0.15, 0.2) is 66.3 Å². The summed E-state index contributed by atoms with van der Waals surface area (Å²) in [7, 11) is 0. The monoisotopic (exact) mass is 762 g/mol. The van der Waals surface area contributed by atoms with E-state index in [9.17, 15) is 19.8 Å². The van der Waals surface area contributed by atoms with Crippen LogP contribution < -0.4 is 5.32 Å². The quantitative estimate of drug-likeness (QED) is 0.185. The van der Waals surface area contributed by atoms with Gasteiger partial charge in [0.15, 0.2) is 5.78 Å². The molecule has 0 saturated heterocycles. The molecule has 294 valence electrons. The van der Waals surface area contributed by atoms with Crippen LogP contribution in [0.4, 0.5) is 4.79 Å². The van der Waals surface area contributed by atoms with Crippen LogP contribution in [0.1, 0.15) is 130 Å². The van der Waals surface area contributed by atoms with Crippen LogP contribution in [0.2, 0.25) is 0 Å². The fraction of sp³-hybridized carbons (Fsp3) is 0.667. The largest absolute Gasteiger partial charge is 0.393 e. The number of carbonyl (C=O) groups excluding carboxylic acids is 2. The third kappa shape index (κ3) is 5.23. The first-order valence-electron chi connectivity index (χ1n) is 21.8. The second-order valence-electron chi connectivity index (χ2n) is 20.9. The van der Waals surface area contributed by atoms with E-state index in [2.05, 4.69) is 74.3 Å². The van der Waals surface area contributed by atoms with E-state index in [4.69, 9.17) is 0 Å². The number of aliphatic hydroxyl groups is 2. The molecule has 6 bridgehead atoms. The molecule has 0 aliphatic heterocycles. The second kappa shape index (κ2) is 12.4. The van der Waals surface area contributed by atoms with Crippen LogP contribution in [0.5, 0.6) is 0 Å². The lowest BCUT2D eigenvalue weighted by molar-refractivity contribution is -0.176. The van der Waals surface area contributed by atoms with Crippen LogP contribution in [-0.2, 0) is 0 Å². The van der Waals surface area contributed by atoms with Crippen molar-refractivity contribution in [3.8, 4) is 0 Å². The van der Waals surface area contributed by atoms with Gasteiger partial charge in [-0.25, -0.2) is 4.79 Å². The Bertz CT molecular complexity index is 1920. The van der Waals surface area contributed by atoms with Crippen molar-refractivity contribution in [2.45, 2.75) is 129 Å². The van der Waals surface area contributed by atoms with Crippen LogP contribution in [0, 0.1) is 63.6 Å². The smallest absolute Gasteiger partial charge is 0.317 e. The number of allylic oxidation sites excluding steroid dienone is 4. The molecule has 10 aliphatic carbocycles. The minimum atomic E-state index is -1.09. The van der Waals surface area contributed by atoms with Gasteiger partial charge < -0.3 is 20.4 Å². The Balaban J connectivity index is 1.02. The summed E-state index contributed by atoms with van der Waals surface area (Å²) < 4.78 is 0. The molecule has 6 nitrogen and oxygen atoms in total. The highest BCUT2D eigenvalue weighted by atomic mass is 32.1. The summed E-state index contributed by atoms with van der Waals surface area (Å²) in [6, 6.07) is 14.1. The van der Waals surface area contributed by atoms with E-state index in [0.29, 0.717) is 25.9 Å².